The second-order valence-electron chi connectivity index (χ2n) is 4.91. The van der Waals surface area contributed by atoms with E-state index in [2.05, 4.69) is 5.10 Å². The normalized spacial score (nSPS) is 17.8. The van der Waals surface area contributed by atoms with Crippen molar-refractivity contribution in [2.24, 2.45) is 0 Å². The van der Waals surface area contributed by atoms with Crippen LogP contribution in [-0.4, -0.2) is 47.3 Å². The number of hydrogen-bond donors (Lipinski definition) is 1. The SMILES string of the molecule is Cc1nn(CCO)c(C)c1S(=O)(=O)N1CCCCC1. The molecule has 0 spiro atoms. The minimum atomic E-state index is -3.45. The minimum absolute atomic E-state index is 0.0504. The van der Waals surface area contributed by atoms with Gasteiger partial charge in [0.25, 0.3) is 0 Å². The van der Waals surface area contributed by atoms with E-state index in [-0.39, 0.29) is 6.61 Å². The second kappa shape index (κ2) is 5.60. The largest absolute Gasteiger partial charge is 0.394 e. The second-order valence-corrected chi connectivity index (χ2v) is 6.79. The summed E-state index contributed by atoms with van der Waals surface area (Å²) in [6.45, 7) is 4.90. The first kappa shape index (κ1) is 14.5. The third kappa shape index (κ3) is 2.68. The summed E-state index contributed by atoms with van der Waals surface area (Å²) in [5, 5.41) is 13.2. The molecule has 1 fully saturated rings. The standard InChI is InChI=1S/C12H21N3O3S/c1-10-12(11(2)15(13-10)8-9-16)19(17,18)14-6-4-3-5-7-14/h16H,3-9H2,1-2H3. The summed E-state index contributed by atoms with van der Waals surface area (Å²) in [4.78, 5) is 0.308. The zero-order valence-corrected chi connectivity index (χ0v) is 12.3. The number of aromatic nitrogens is 2. The van der Waals surface area contributed by atoms with E-state index in [0.29, 0.717) is 35.9 Å². The zero-order chi connectivity index (χ0) is 14.0. The maximum atomic E-state index is 12.7. The van der Waals surface area contributed by atoms with Gasteiger partial charge < -0.3 is 5.11 Å². The number of hydrogen-bond acceptors (Lipinski definition) is 4. The Kier molecular flexibility index (Phi) is 4.27. The molecule has 0 unspecified atom stereocenters. The number of aliphatic hydroxyl groups excluding tert-OH is 1. The van der Waals surface area contributed by atoms with Gasteiger partial charge in [-0.05, 0) is 26.7 Å². The summed E-state index contributed by atoms with van der Waals surface area (Å²) < 4.78 is 28.4. The Balaban J connectivity index is 2.39. The van der Waals surface area contributed by atoms with Gasteiger partial charge in [0.1, 0.15) is 4.90 Å². The number of aryl methyl sites for hydroxylation is 1. The van der Waals surface area contributed by atoms with Crippen LogP contribution in [0.5, 0.6) is 0 Å². The number of nitrogens with zero attached hydrogens (tertiary/aromatic N) is 3. The van der Waals surface area contributed by atoms with Gasteiger partial charge in [-0.15, -0.1) is 0 Å². The van der Waals surface area contributed by atoms with E-state index in [1.165, 1.54) is 0 Å². The lowest BCUT2D eigenvalue weighted by Gasteiger charge is -2.25. The summed E-state index contributed by atoms with van der Waals surface area (Å²) in [5.41, 5.74) is 1.12. The Hall–Kier alpha value is -0.920. The van der Waals surface area contributed by atoms with Crippen LogP contribution in [0.25, 0.3) is 0 Å². The molecule has 1 aromatic rings. The summed E-state index contributed by atoms with van der Waals surface area (Å²) in [7, 11) is -3.45. The lowest BCUT2D eigenvalue weighted by Crippen LogP contribution is -2.36. The highest BCUT2D eigenvalue weighted by molar-refractivity contribution is 7.89. The topological polar surface area (TPSA) is 75.4 Å². The van der Waals surface area contributed by atoms with Crippen molar-refractivity contribution in [3.63, 3.8) is 0 Å². The van der Waals surface area contributed by atoms with Gasteiger partial charge in [-0.25, -0.2) is 8.42 Å². The van der Waals surface area contributed by atoms with Crippen molar-refractivity contribution in [3.8, 4) is 0 Å². The summed E-state index contributed by atoms with van der Waals surface area (Å²) in [6.07, 6.45) is 2.93. The first-order chi connectivity index (χ1) is 8.98. The number of piperidine rings is 1. The number of sulfonamides is 1. The van der Waals surface area contributed by atoms with Gasteiger partial charge in [0.2, 0.25) is 10.0 Å². The lowest BCUT2D eigenvalue weighted by atomic mass is 10.2. The molecule has 0 aliphatic carbocycles. The maximum Gasteiger partial charge on any atom is 0.246 e. The van der Waals surface area contributed by atoms with E-state index < -0.39 is 10.0 Å². The number of aliphatic hydroxyl groups is 1. The van der Waals surface area contributed by atoms with Gasteiger partial charge >= 0.3 is 0 Å². The third-order valence-electron chi connectivity index (χ3n) is 3.54. The van der Waals surface area contributed by atoms with Crippen molar-refractivity contribution in [3.05, 3.63) is 11.4 Å². The maximum absolute atomic E-state index is 12.7. The Morgan fingerprint density at radius 3 is 2.42 bits per heavy atom. The molecule has 2 heterocycles. The molecular weight excluding hydrogens is 266 g/mol. The molecule has 1 N–H and O–H groups in total. The Morgan fingerprint density at radius 1 is 1.21 bits per heavy atom. The van der Waals surface area contributed by atoms with Gasteiger partial charge in [0.05, 0.1) is 24.5 Å². The van der Waals surface area contributed by atoms with Crippen LogP contribution in [0.1, 0.15) is 30.7 Å². The molecular formula is C12H21N3O3S. The van der Waals surface area contributed by atoms with Crippen LogP contribution in [-0.2, 0) is 16.6 Å². The fraction of sp³-hybridized carbons (Fsp3) is 0.750. The molecule has 0 bridgehead atoms. The van der Waals surface area contributed by atoms with E-state index in [1.54, 1.807) is 22.8 Å². The molecule has 0 radical (unpaired) electrons. The van der Waals surface area contributed by atoms with Crippen LogP contribution < -0.4 is 0 Å². The predicted octanol–water partition coefficient (Wildman–Crippen LogP) is 0.667. The highest BCUT2D eigenvalue weighted by Gasteiger charge is 2.31. The Morgan fingerprint density at radius 2 is 1.84 bits per heavy atom. The van der Waals surface area contributed by atoms with Crippen molar-refractivity contribution in [1.29, 1.82) is 0 Å². The van der Waals surface area contributed by atoms with E-state index in [4.69, 9.17) is 5.11 Å². The van der Waals surface area contributed by atoms with E-state index >= 15 is 0 Å². The van der Waals surface area contributed by atoms with Crippen LogP contribution in [0.4, 0.5) is 0 Å². The summed E-state index contributed by atoms with van der Waals surface area (Å²) in [5.74, 6) is 0. The highest BCUT2D eigenvalue weighted by Crippen LogP contribution is 2.25. The molecule has 0 saturated carbocycles. The number of rotatable bonds is 4. The average molecular weight is 287 g/mol. The molecule has 1 saturated heterocycles. The molecule has 7 heteroatoms. The molecule has 0 aromatic carbocycles. The molecule has 0 amide bonds. The minimum Gasteiger partial charge on any atom is -0.394 e. The van der Waals surface area contributed by atoms with Crippen molar-refractivity contribution >= 4 is 10.0 Å². The molecule has 1 aliphatic rings. The molecule has 19 heavy (non-hydrogen) atoms. The molecule has 108 valence electrons. The third-order valence-corrected chi connectivity index (χ3v) is 5.69. The van der Waals surface area contributed by atoms with Gasteiger partial charge in [-0.3, -0.25) is 4.68 Å². The van der Waals surface area contributed by atoms with E-state index in [1.807, 2.05) is 0 Å². The molecule has 0 atom stereocenters. The fourth-order valence-corrected chi connectivity index (χ4v) is 4.49. The van der Waals surface area contributed by atoms with Crippen LogP contribution >= 0.6 is 0 Å². The molecule has 1 aliphatic heterocycles. The quantitative estimate of drug-likeness (QED) is 0.883. The summed E-state index contributed by atoms with van der Waals surface area (Å²) in [6, 6.07) is 0. The highest BCUT2D eigenvalue weighted by atomic mass is 32.2. The van der Waals surface area contributed by atoms with Crippen LogP contribution in [0, 0.1) is 13.8 Å². The Bertz CT molecular complexity index is 545. The van der Waals surface area contributed by atoms with Crippen molar-refractivity contribution in [2.75, 3.05) is 19.7 Å². The van der Waals surface area contributed by atoms with E-state index in [9.17, 15) is 8.42 Å². The van der Waals surface area contributed by atoms with Gasteiger partial charge in [0.15, 0.2) is 0 Å². The van der Waals surface area contributed by atoms with Gasteiger partial charge in [-0.1, -0.05) is 6.42 Å². The average Bonchev–Trinajstić information content (AvgIpc) is 2.66. The predicted molar refractivity (Wildman–Crippen MR) is 71.4 cm³/mol. The lowest BCUT2D eigenvalue weighted by molar-refractivity contribution is 0.267. The first-order valence-corrected chi connectivity index (χ1v) is 8.07. The van der Waals surface area contributed by atoms with Crippen molar-refractivity contribution in [1.82, 2.24) is 14.1 Å². The van der Waals surface area contributed by atoms with Crippen LogP contribution in [0.3, 0.4) is 0 Å². The molecule has 1 aromatic heterocycles. The van der Waals surface area contributed by atoms with Crippen molar-refractivity contribution in [2.45, 2.75) is 44.6 Å². The van der Waals surface area contributed by atoms with Gasteiger partial charge in [-0.2, -0.15) is 9.40 Å². The zero-order valence-electron chi connectivity index (χ0n) is 11.5. The van der Waals surface area contributed by atoms with Crippen LogP contribution in [0.2, 0.25) is 0 Å². The van der Waals surface area contributed by atoms with Gasteiger partial charge in [0, 0.05) is 13.1 Å². The van der Waals surface area contributed by atoms with Crippen molar-refractivity contribution < 1.29 is 13.5 Å². The Labute approximate surface area is 114 Å². The fourth-order valence-electron chi connectivity index (χ4n) is 2.60. The first-order valence-electron chi connectivity index (χ1n) is 6.63. The monoisotopic (exact) mass is 287 g/mol. The summed E-state index contributed by atoms with van der Waals surface area (Å²) >= 11 is 0. The van der Waals surface area contributed by atoms with E-state index in [0.717, 1.165) is 19.3 Å². The van der Waals surface area contributed by atoms with Crippen LogP contribution in [0.15, 0.2) is 4.90 Å². The smallest absolute Gasteiger partial charge is 0.246 e. The molecule has 2 rings (SSSR count). The molecule has 6 nitrogen and oxygen atoms in total.